The molecule has 0 heterocycles. The fourth-order valence-electron chi connectivity index (χ4n) is 3.24. The van der Waals surface area contributed by atoms with E-state index in [1.807, 2.05) is 10.9 Å². The van der Waals surface area contributed by atoms with Crippen molar-refractivity contribution < 1.29 is 46.2 Å². The average molecular weight is 591 g/mol. The summed E-state index contributed by atoms with van der Waals surface area (Å²) in [4.78, 5) is 52.3. The summed E-state index contributed by atoms with van der Waals surface area (Å²) in [5.41, 5.74) is 1.82. The average Bonchev–Trinajstić information content (AvgIpc) is 2.90. The number of aryl methyl sites for hydroxylation is 2. The smallest absolute Gasteiger partial charge is 0.336 e. The maximum absolute atomic E-state index is 12.8. The summed E-state index contributed by atoms with van der Waals surface area (Å²) in [7, 11) is -8.59. The van der Waals surface area contributed by atoms with Crippen LogP contribution in [0, 0.1) is 13.8 Å². The van der Waals surface area contributed by atoms with E-state index in [9.17, 15) is 46.2 Å². The summed E-state index contributed by atoms with van der Waals surface area (Å²) in [6, 6.07) is 12.1. The molecule has 40 heavy (non-hydrogen) atoms. The number of carbonyl (C=O) groups excluding carboxylic acids is 2. The number of sulfonamides is 2. The van der Waals surface area contributed by atoms with Gasteiger partial charge in [0, 0.05) is 0 Å². The quantitative estimate of drug-likeness (QED) is 0.183. The molecule has 0 aliphatic heterocycles. The van der Waals surface area contributed by atoms with Crippen molar-refractivity contribution in [2.45, 2.75) is 23.6 Å². The summed E-state index contributed by atoms with van der Waals surface area (Å²) in [6.07, 6.45) is 0. The summed E-state index contributed by atoms with van der Waals surface area (Å²) >= 11 is 0. The second-order valence-corrected chi connectivity index (χ2v) is 11.7. The highest BCUT2D eigenvalue weighted by Crippen LogP contribution is 2.19. The van der Waals surface area contributed by atoms with Crippen LogP contribution in [0.4, 0.5) is 0 Å². The molecule has 16 heteroatoms. The van der Waals surface area contributed by atoms with Crippen molar-refractivity contribution in [1.29, 1.82) is 0 Å². The highest BCUT2D eigenvalue weighted by molar-refractivity contribution is 7.89. The molecule has 0 saturated carbocycles. The van der Waals surface area contributed by atoms with Crippen LogP contribution in [0.15, 0.2) is 70.5 Å². The van der Waals surface area contributed by atoms with Gasteiger partial charge >= 0.3 is 11.9 Å². The van der Waals surface area contributed by atoms with E-state index in [0.29, 0.717) is 12.1 Å². The number of hydrogen-bond acceptors (Lipinski definition) is 8. The molecule has 3 aromatic rings. The molecule has 3 aromatic carbocycles. The highest BCUT2D eigenvalue weighted by atomic mass is 32.2. The first-order valence-electron chi connectivity index (χ1n) is 11.0. The molecule has 210 valence electrons. The lowest BCUT2D eigenvalue weighted by Crippen LogP contribution is -2.43. The van der Waals surface area contributed by atoms with Crippen LogP contribution in [0.1, 0.15) is 52.6 Å². The summed E-state index contributed by atoms with van der Waals surface area (Å²) < 4.78 is 49.9. The van der Waals surface area contributed by atoms with Crippen LogP contribution >= 0.6 is 0 Å². The zero-order valence-corrected chi connectivity index (χ0v) is 22.4. The Bertz CT molecular complexity index is 1590. The molecule has 0 bridgehead atoms. The van der Waals surface area contributed by atoms with Crippen LogP contribution in [0.25, 0.3) is 0 Å². The predicted molar refractivity (Wildman–Crippen MR) is 138 cm³/mol. The van der Waals surface area contributed by atoms with Gasteiger partial charge in [-0.15, -0.1) is 9.66 Å². The Morgan fingerprint density at radius 1 is 0.550 bits per heavy atom. The lowest BCUT2D eigenvalue weighted by Gasteiger charge is -2.14. The zero-order chi connectivity index (χ0) is 29.8. The van der Waals surface area contributed by atoms with E-state index in [0.717, 1.165) is 11.1 Å². The molecule has 0 aliphatic carbocycles. The third kappa shape index (κ3) is 6.86. The SMILES string of the molecule is Cc1ccc(S(=O)(=O)NNC(=O)c2cc(C(=O)NNS(=O)(=O)c3ccc(C)cc3)c(C(=O)O)cc2C(=O)O)cc1. The van der Waals surface area contributed by atoms with Gasteiger partial charge in [0.1, 0.15) is 0 Å². The molecular weight excluding hydrogens is 568 g/mol. The number of nitrogens with one attached hydrogen (secondary N) is 4. The predicted octanol–water partition coefficient (Wildman–Crippen LogP) is 0.946. The maximum atomic E-state index is 12.8. The Morgan fingerprint density at radius 3 is 1.15 bits per heavy atom. The minimum atomic E-state index is -4.29. The van der Waals surface area contributed by atoms with Crippen molar-refractivity contribution in [1.82, 2.24) is 20.5 Å². The third-order valence-electron chi connectivity index (χ3n) is 5.37. The number of hydrazine groups is 2. The zero-order valence-electron chi connectivity index (χ0n) is 20.8. The first-order valence-corrected chi connectivity index (χ1v) is 14.0. The Balaban J connectivity index is 1.92. The molecule has 0 fully saturated rings. The van der Waals surface area contributed by atoms with Gasteiger partial charge in [0.2, 0.25) is 0 Å². The van der Waals surface area contributed by atoms with Crippen molar-refractivity contribution in [2.24, 2.45) is 0 Å². The van der Waals surface area contributed by atoms with E-state index >= 15 is 0 Å². The standard InChI is InChI=1S/C24H22N4O10S2/c1-13-3-7-15(8-4-13)39(35,36)27-25-21(29)17-11-18(20(24(33)34)12-19(17)23(31)32)22(30)26-28-40(37,38)16-9-5-14(2)6-10-16/h3-12,27-28H,1-2H3,(H,25,29)(H,26,30)(H,31,32)(H,33,34). The highest BCUT2D eigenvalue weighted by Gasteiger charge is 2.27. The van der Waals surface area contributed by atoms with Gasteiger partial charge in [0.05, 0.1) is 32.0 Å². The van der Waals surface area contributed by atoms with Crippen LogP contribution < -0.4 is 20.5 Å². The fourth-order valence-corrected chi connectivity index (χ4v) is 4.92. The van der Waals surface area contributed by atoms with Crippen molar-refractivity contribution in [3.63, 3.8) is 0 Å². The first-order chi connectivity index (χ1) is 18.6. The summed E-state index contributed by atoms with van der Waals surface area (Å²) in [5.74, 6) is -6.22. The number of amides is 2. The molecule has 0 radical (unpaired) electrons. The van der Waals surface area contributed by atoms with Crippen LogP contribution in [0.2, 0.25) is 0 Å². The Labute approximate surface area is 228 Å². The van der Waals surface area contributed by atoms with Crippen molar-refractivity contribution >= 4 is 43.8 Å². The van der Waals surface area contributed by atoms with E-state index in [-0.39, 0.29) is 9.79 Å². The molecule has 0 atom stereocenters. The van der Waals surface area contributed by atoms with Crippen LogP contribution in [0.3, 0.4) is 0 Å². The number of hydrogen-bond donors (Lipinski definition) is 6. The number of aromatic carboxylic acids is 2. The topological polar surface area (TPSA) is 225 Å². The molecule has 0 saturated heterocycles. The lowest BCUT2D eigenvalue weighted by molar-refractivity contribution is 0.0687. The van der Waals surface area contributed by atoms with E-state index in [1.165, 1.54) is 48.5 Å². The normalized spacial score (nSPS) is 11.4. The number of carboxylic acids is 2. The molecule has 3 rings (SSSR count). The van der Waals surface area contributed by atoms with E-state index in [4.69, 9.17) is 0 Å². The Hall–Kier alpha value is -4.64. The molecule has 14 nitrogen and oxygen atoms in total. The first kappa shape index (κ1) is 29.9. The summed E-state index contributed by atoms with van der Waals surface area (Å²) in [6.45, 7) is 3.45. The van der Waals surface area contributed by atoms with Gasteiger partial charge in [-0.25, -0.2) is 26.4 Å². The van der Waals surface area contributed by atoms with E-state index < -0.39 is 66.1 Å². The van der Waals surface area contributed by atoms with Crippen molar-refractivity contribution in [3.05, 3.63) is 94.0 Å². The lowest BCUT2D eigenvalue weighted by atomic mass is 9.97. The molecule has 2 amide bonds. The number of benzene rings is 3. The largest absolute Gasteiger partial charge is 0.478 e. The Morgan fingerprint density at radius 2 is 0.850 bits per heavy atom. The molecule has 0 aromatic heterocycles. The maximum Gasteiger partial charge on any atom is 0.336 e. The van der Waals surface area contributed by atoms with Crippen LogP contribution in [-0.2, 0) is 20.0 Å². The van der Waals surface area contributed by atoms with E-state index in [1.54, 1.807) is 23.5 Å². The van der Waals surface area contributed by atoms with Crippen molar-refractivity contribution in [2.75, 3.05) is 0 Å². The second kappa shape index (κ2) is 11.6. The Kier molecular flexibility index (Phi) is 8.69. The van der Waals surface area contributed by atoms with Crippen LogP contribution in [-0.4, -0.2) is 50.8 Å². The molecule has 6 N–H and O–H groups in total. The van der Waals surface area contributed by atoms with Gasteiger partial charge in [-0.2, -0.15) is 0 Å². The van der Waals surface area contributed by atoms with Gasteiger partial charge in [-0.3, -0.25) is 20.4 Å². The minimum Gasteiger partial charge on any atom is -0.478 e. The van der Waals surface area contributed by atoms with Gasteiger partial charge in [0.25, 0.3) is 31.9 Å². The fraction of sp³-hybridized carbons (Fsp3) is 0.0833. The molecular formula is C24H22N4O10S2. The molecule has 0 spiro atoms. The van der Waals surface area contributed by atoms with Gasteiger partial charge in [0.15, 0.2) is 0 Å². The number of rotatable bonds is 10. The van der Waals surface area contributed by atoms with E-state index in [2.05, 4.69) is 0 Å². The molecule has 0 unspecified atom stereocenters. The van der Waals surface area contributed by atoms with Gasteiger partial charge in [-0.05, 0) is 50.2 Å². The van der Waals surface area contributed by atoms with Crippen molar-refractivity contribution in [3.8, 4) is 0 Å². The third-order valence-corrected chi connectivity index (χ3v) is 7.90. The molecule has 0 aliphatic rings. The van der Waals surface area contributed by atoms with Gasteiger partial charge < -0.3 is 10.2 Å². The number of carbonyl (C=O) groups is 4. The summed E-state index contributed by atoms with van der Waals surface area (Å²) in [5, 5.41) is 19.1. The number of carboxylic acid groups (broad SMARTS) is 2. The second-order valence-electron chi connectivity index (χ2n) is 8.30. The van der Waals surface area contributed by atoms with Gasteiger partial charge in [-0.1, -0.05) is 35.4 Å². The minimum absolute atomic E-state index is 0.223. The monoisotopic (exact) mass is 590 g/mol. The van der Waals surface area contributed by atoms with Crippen LogP contribution in [0.5, 0.6) is 0 Å².